The molecule has 0 radical (unpaired) electrons. The van der Waals surface area contributed by atoms with Crippen LogP contribution >= 0.6 is 0 Å². The first-order valence-corrected chi connectivity index (χ1v) is 6.40. The molecule has 0 aliphatic heterocycles. The van der Waals surface area contributed by atoms with E-state index in [0.29, 0.717) is 32.0 Å². The summed E-state index contributed by atoms with van der Waals surface area (Å²) in [6.07, 6.45) is 0.835. The fourth-order valence-corrected chi connectivity index (χ4v) is 1.65. The highest BCUT2D eigenvalue weighted by molar-refractivity contribution is 5.36. The highest BCUT2D eigenvalue weighted by Gasteiger charge is 2.12. The summed E-state index contributed by atoms with van der Waals surface area (Å²) in [7, 11) is 1.65. The van der Waals surface area contributed by atoms with Gasteiger partial charge in [0.25, 0.3) is 0 Å². The van der Waals surface area contributed by atoms with Gasteiger partial charge in [-0.3, -0.25) is 0 Å². The van der Waals surface area contributed by atoms with Gasteiger partial charge in [-0.15, -0.1) is 0 Å². The average Bonchev–Trinajstić information content (AvgIpc) is 2.39. The monoisotopic (exact) mass is 271 g/mol. The van der Waals surface area contributed by atoms with Crippen molar-refractivity contribution >= 4 is 0 Å². The van der Waals surface area contributed by atoms with E-state index in [9.17, 15) is 4.39 Å². The number of rotatable bonds is 9. The van der Waals surface area contributed by atoms with E-state index in [1.54, 1.807) is 26.2 Å². The zero-order valence-electron chi connectivity index (χ0n) is 11.5. The predicted molar refractivity (Wildman–Crippen MR) is 71.8 cm³/mol. The first-order valence-electron chi connectivity index (χ1n) is 6.40. The maximum absolute atomic E-state index is 13.6. The fraction of sp³-hybridized carbons (Fsp3) is 0.571. The Bertz CT molecular complexity index is 372. The molecule has 0 aromatic heterocycles. The van der Waals surface area contributed by atoms with Gasteiger partial charge >= 0.3 is 0 Å². The molecule has 1 atom stereocenters. The number of ether oxygens (including phenoxy) is 3. The van der Waals surface area contributed by atoms with Crippen molar-refractivity contribution < 1.29 is 18.6 Å². The standard InChI is InChI=1S/C14H22FNO3/c1-11(16)12-5-3-6-13(15)14(12)19-10-9-18-8-4-7-17-2/h3,5-6,11H,4,7-10,16H2,1-2H3/t11-/m0/s1. The fourth-order valence-electron chi connectivity index (χ4n) is 1.65. The van der Waals surface area contributed by atoms with Crippen LogP contribution < -0.4 is 10.5 Å². The van der Waals surface area contributed by atoms with Crippen LogP contribution in [0.15, 0.2) is 18.2 Å². The Morgan fingerprint density at radius 2 is 2.00 bits per heavy atom. The number of para-hydroxylation sites is 1. The maximum atomic E-state index is 13.6. The normalized spacial score (nSPS) is 12.4. The second-order valence-corrected chi connectivity index (χ2v) is 4.25. The van der Waals surface area contributed by atoms with Crippen LogP contribution in [-0.4, -0.2) is 33.5 Å². The maximum Gasteiger partial charge on any atom is 0.165 e. The van der Waals surface area contributed by atoms with Crippen molar-refractivity contribution in [3.63, 3.8) is 0 Å². The predicted octanol–water partition coefficient (Wildman–Crippen LogP) is 2.28. The number of halogens is 1. The summed E-state index contributed by atoms with van der Waals surface area (Å²) in [4.78, 5) is 0. The van der Waals surface area contributed by atoms with Crippen LogP contribution in [-0.2, 0) is 9.47 Å². The molecule has 2 N–H and O–H groups in total. The third-order valence-electron chi connectivity index (χ3n) is 2.60. The lowest BCUT2D eigenvalue weighted by Gasteiger charge is -2.14. The van der Waals surface area contributed by atoms with Crippen LogP contribution in [0.3, 0.4) is 0 Å². The van der Waals surface area contributed by atoms with Gasteiger partial charge in [0.1, 0.15) is 6.61 Å². The molecule has 1 aromatic carbocycles. The number of benzene rings is 1. The quantitative estimate of drug-likeness (QED) is 0.700. The molecule has 0 fully saturated rings. The summed E-state index contributed by atoms with van der Waals surface area (Å²) >= 11 is 0. The zero-order chi connectivity index (χ0) is 14.1. The largest absolute Gasteiger partial charge is 0.488 e. The van der Waals surface area contributed by atoms with E-state index in [1.165, 1.54) is 6.07 Å². The van der Waals surface area contributed by atoms with Crippen molar-refractivity contribution in [2.45, 2.75) is 19.4 Å². The highest BCUT2D eigenvalue weighted by Crippen LogP contribution is 2.26. The van der Waals surface area contributed by atoms with Gasteiger partial charge in [-0.2, -0.15) is 0 Å². The molecule has 108 valence electrons. The van der Waals surface area contributed by atoms with Gasteiger partial charge in [-0.1, -0.05) is 12.1 Å². The minimum atomic E-state index is -0.394. The first-order chi connectivity index (χ1) is 9.16. The Kier molecular flexibility index (Phi) is 7.40. The molecular weight excluding hydrogens is 249 g/mol. The van der Waals surface area contributed by atoms with Gasteiger partial charge in [0.2, 0.25) is 0 Å². The summed E-state index contributed by atoms with van der Waals surface area (Å²) in [5, 5.41) is 0. The van der Waals surface area contributed by atoms with Crippen LogP contribution in [0.1, 0.15) is 24.9 Å². The number of hydrogen-bond acceptors (Lipinski definition) is 4. The van der Waals surface area contributed by atoms with Crippen LogP contribution in [0.2, 0.25) is 0 Å². The molecule has 0 aliphatic rings. The Balaban J connectivity index is 2.36. The van der Waals surface area contributed by atoms with Gasteiger partial charge in [0, 0.05) is 31.9 Å². The molecule has 0 spiro atoms. The molecule has 0 saturated heterocycles. The summed E-state index contributed by atoms with van der Waals surface area (Å²) in [6, 6.07) is 4.49. The Hall–Kier alpha value is -1.17. The number of hydrogen-bond donors (Lipinski definition) is 1. The van der Waals surface area contributed by atoms with Gasteiger partial charge < -0.3 is 19.9 Å². The van der Waals surface area contributed by atoms with Crippen LogP contribution in [0.5, 0.6) is 5.75 Å². The van der Waals surface area contributed by atoms with Crippen LogP contribution in [0.4, 0.5) is 4.39 Å². The zero-order valence-corrected chi connectivity index (χ0v) is 11.5. The molecule has 0 aliphatic carbocycles. The first kappa shape index (κ1) is 15.9. The summed E-state index contributed by atoms with van der Waals surface area (Å²) in [6.45, 7) is 3.78. The van der Waals surface area contributed by atoms with Gasteiger partial charge in [0.15, 0.2) is 11.6 Å². The molecular formula is C14H22FNO3. The minimum Gasteiger partial charge on any atom is -0.488 e. The summed E-state index contributed by atoms with van der Waals surface area (Å²) in [5.41, 5.74) is 6.44. The topological polar surface area (TPSA) is 53.7 Å². The molecule has 0 bridgehead atoms. The van der Waals surface area contributed by atoms with Crippen LogP contribution in [0, 0.1) is 5.82 Å². The Labute approximate surface area is 113 Å². The lowest BCUT2D eigenvalue weighted by atomic mass is 10.1. The second-order valence-electron chi connectivity index (χ2n) is 4.25. The SMILES string of the molecule is COCCCOCCOc1c(F)cccc1[C@H](C)N. The minimum absolute atomic E-state index is 0.220. The molecule has 5 heteroatoms. The number of methoxy groups -OCH3 is 1. The van der Waals surface area contributed by atoms with E-state index in [1.807, 2.05) is 0 Å². The lowest BCUT2D eigenvalue weighted by molar-refractivity contribution is 0.0794. The molecule has 0 amide bonds. The molecule has 1 aromatic rings. The van der Waals surface area contributed by atoms with E-state index in [-0.39, 0.29) is 11.8 Å². The third-order valence-corrected chi connectivity index (χ3v) is 2.60. The molecule has 0 unspecified atom stereocenters. The van der Waals surface area contributed by atoms with Crippen LogP contribution in [0.25, 0.3) is 0 Å². The highest BCUT2D eigenvalue weighted by atomic mass is 19.1. The Morgan fingerprint density at radius 3 is 2.68 bits per heavy atom. The van der Waals surface area contributed by atoms with E-state index in [2.05, 4.69) is 0 Å². The van der Waals surface area contributed by atoms with E-state index >= 15 is 0 Å². The molecule has 19 heavy (non-hydrogen) atoms. The smallest absolute Gasteiger partial charge is 0.165 e. The lowest BCUT2D eigenvalue weighted by Crippen LogP contribution is -2.13. The molecule has 0 saturated carbocycles. The van der Waals surface area contributed by atoms with Gasteiger partial charge in [0.05, 0.1) is 6.61 Å². The van der Waals surface area contributed by atoms with Crippen molar-refractivity contribution in [1.82, 2.24) is 0 Å². The van der Waals surface area contributed by atoms with E-state index in [4.69, 9.17) is 19.9 Å². The van der Waals surface area contributed by atoms with Crippen molar-refractivity contribution in [2.24, 2.45) is 5.73 Å². The second kappa shape index (κ2) is 8.85. The van der Waals surface area contributed by atoms with E-state index < -0.39 is 5.82 Å². The molecule has 1 rings (SSSR count). The molecule has 4 nitrogen and oxygen atoms in total. The molecule has 0 heterocycles. The summed E-state index contributed by atoms with van der Waals surface area (Å²) < 4.78 is 29.3. The average molecular weight is 271 g/mol. The van der Waals surface area contributed by atoms with Crippen molar-refractivity contribution in [1.29, 1.82) is 0 Å². The number of nitrogens with two attached hydrogens (primary N) is 1. The van der Waals surface area contributed by atoms with Crippen molar-refractivity contribution in [2.75, 3.05) is 33.5 Å². The summed E-state index contributed by atoms with van der Waals surface area (Å²) in [5.74, 6) is -0.174. The van der Waals surface area contributed by atoms with E-state index in [0.717, 1.165) is 6.42 Å². The van der Waals surface area contributed by atoms with Crippen molar-refractivity contribution in [3.8, 4) is 5.75 Å². The van der Waals surface area contributed by atoms with Gasteiger partial charge in [-0.25, -0.2) is 4.39 Å². The Morgan fingerprint density at radius 1 is 1.21 bits per heavy atom. The van der Waals surface area contributed by atoms with Gasteiger partial charge in [-0.05, 0) is 19.4 Å². The van der Waals surface area contributed by atoms with Crippen molar-refractivity contribution in [3.05, 3.63) is 29.6 Å². The third kappa shape index (κ3) is 5.55.